The Hall–Kier alpha value is -0.0400. The summed E-state index contributed by atoms with van der Waals surface area (Å²) in [6.07, 6.45) is 2.88. The lowest BCUT2D eigenvalue weighted by atomic mass is 10.0. The normalized spacial score (nSPS) is 32.5. The van der Waals surface area contributed by atoms with Crippen LogP contribution in [0.25, 0.3) is 0 Å². The van der Waals surface area contributed by atoms with E-state index in [0.717, 1.165) is 17.8 Å². The zero-order valence-electron chi connectivity index (χ0n) is 8.30. The minimum absolute atomic E-state index is 0.912. The lowest BCUT2D eigenvalue weighted by Crippen LogP contribution is -2.21. The second kappa shape index (κ2) is 3.57. The van der Waals surface area contributed by atoms with Crippen LogP contribution in [-0.2, 0) is 0 Å². The monoisotopic (exact) mass is 155 g/mol. The summed E-state index contributed by atoms with van der Waals surface area (Å²) in [7, 11) is 4.33. The van der Waals surface area contributed by atoms with Crippen LogP contribution in [0.3, 0.4) is 0 Å². The number of hydrogen-bond acceptors (Lipinski definition) is 1. The Bertz CT molecular complexity index is 120. The van der Waals surface area contributed by atoms with Gasteiger partial charge in [0.15, 0.2) is 0 Å². The molecule has 1 fully saturated rings. The molecule has 1 rings (SSSR count). The highest BCUT2D eigenvalue weighted by Gasteiger charge is 2.38. The van der Waals surface area contributed by atoms with Gasteiger partial charge < -0.3 is 4.90 Å². The third kappa shape index (κ3) is 2.48. The number of rotatable bonds is 4. The molecule has 1 saturated carbocycles. The molecule has 11 heavy (non-hydrogen) atoms. The summed E-state index contributed by atoms with van der Waals surface area (Å²) >= 11 is 0. The number of nitrogens with zero attached hydrogens (tertiary/aromatic N) is 1. The Labute approximate surface area is 70.8 Å². The van der Waals surface area contributed by atoms with E-state index >= 15 is 0 Å². The van der Waals surface area contributed by atoms with E-state index in [1.54, 1.807) is 0 Å². The van der Waals surface area contributed by atoms with Crippen molar-refractivity contribution in [3.8, 4) is 0 Å². The molecule has 0 amide bonds. The molecule has 0 N–H and O–H groups in total. The molecule has 3 atom stereocenters. The molecule has 0 saturated heterocycles. The van der Waals surface area contributed by atoms with Crippen LogP contribution in [0.15, 0.2) is 0 Å². The first-order valence-corrected chi connectivity index (χ1v) is 4.79. The molecule has 0 aromatic carbocycles. The third-order valence-electron chi connectivity index (χ3n) is 2.89. The van der Waals surface area contributed by atoms with Crippen molar-refractivity contribution in [3.63, 3.8) is 0 Å². The predicted octanol–water partition coefficient (Wildman–Crippen LogP) is 2.23. The highest BCUT2D eigenvalue weighted by Crippen LogP contribution is 2.46. The van der Waals surface area contributed by atoms with Crippen molar-refractivity contribution in [2.75, 3.05) is 20.6 Å². The van der Waals surface area contributed by atoms with E-state index in [9.17, 15) is 0 Å². The van der Waals surface area contributed by atoms with Crippen LogP contribution in [0.1, 0.15) is 26.7 Å². The van der Waals surface area contributed by atoms with Crippen LogP contribution in [0.4, 0.5) is 0 Å². The Morgan fingerprint density at radius 3 is 2.45 bits per heavy atom. The van der Waals surface area contributed by atoms with Gasteiger partial charge in [-0.3, -0.25) is 0 Å². The van der Waals surface area contributed by atoms with Crippen LogP contribution in [0, 0.1) is 17.8 Å². The molecule has 0 aliphatic heterocycles. The summed E-state index contributed by atoms with van der Waals surface area (Å²) in [5.41, 5.74) is 0. The molecule has 1 nitrogen and oxygen atoms in total. The van der Waals surface area contributed by atoms with Gasteiger partial charge in [0.05, 0.1) is 0 Å². The highest BCUT2D eigenvalue weighted by atomic mass is 15.1. The number of hydrogen-bond donors (Lipinski definition) is 0. The summed E-state index contributed by atoms with van der Waals surface area (Å²) in [4.78, 5) is 2.30. The van der Waals surface area contributed by atoms with Crippen LogP contribution in [0.2, 0.25) is 0 Å². The van der Waals surface area contributed by atoms with Crippen LogP contribution < -0.4 is 0 Å². The largest absolute Gasteiger partial charge is 0.309 e. The van der Waals surface area contributed by atoms with Gasteiger partial charge in [0.25, 0.3) is 0 Å². The van der Waals surface area contributed by atoms with E-state index in [0.29, 0.717) is 0 Å². The standard InChI is InChI=1S/C10H21N/c1-5-9-6-10(9)8(2)7-11(3)4/h8-10H,5-7H2,1-4H3. The molecule has 0 bridgehead atoms. The van der Waals surface area contributed by atoms with Gasteiger partial charge >= 0.3 is 0 Å². The summed E-state index contributed by atoms with van der Waals surface area (Å²) in [6, 6.07) is 0. The Morgan fingerprint density at radius 1 is 1.45 bits per heavy atom. The first-order valence-electron chi connectivity index (χ1n) is 4.79. The van der Waals surface area contributed by atoms with Crippen LogP contribution in [-0.4, -0.2) is 25.5 Å². The fourth-order valence-corrected chi connectivity index (χ4v) is 2.15. The average molecular weight is 155 g/mol. The van der Waals surface area contributed by atoms with Crippen molar-refractivity contribution >= 4 is 0 Å². The van der Waals surface area contributed by atoms with Gasteiger partial charge in [-0.1, -0.05) is 20.3 Å². The van der Waals surface area contributed by atoms with Crippen molar-refractivity contribution in [2.24, 2.45) is 17.8 Å². The van der Waals surface area contributed by atoms with Crippen LogP contribution in [0.5, 0.6) is 0 Å². The summed E-state index contributed by atoms with van der Waals surface area (Å²) < 4.78 is 0. The van der Waals surface area contributed by atoms with Crippen LogP contribution >= 0.6 is 0 Å². The zero-order chi connectivity index (χ0) is 8.43. The van der Waals surface area contributed by atoms with E-state index in [-0.39, 0.29) is 0 Å². The second-order valence-electron chi connectivity index (χ2n) is 4.31. The topological polar surface area (TPSA) is 3.24 Å². The molecule has 1 aliphatic carbocycles. The van der Waals surface area contributed by atoms with Gasteiger partial charge in [-0.2, -0.15) is 0 Å². The van der Waals surface area contributed by atoms with Gasteiger partial charge in [-0.15, -0.1) is 0 Å². The van der Waals surface area contributed by atoms with Crippen molar-refractivity contribution in [2.45, 2.75) is 26.7 Å². The van der Waals surface area contributed by atoms with E-state index in [4.69, 9.17) is 0 Å². The Kier molecular flexibility index (Phi) is 2.94. The van der Waals surface area contributed by atoms with Gasteiger partial charge in [0.1, 0.15) is 0 Å². The third-order valence-corrected chi connectivity index (χ3v) is 2.89. The summed E-state index contributed by atoms with van der Waals surface area (Å²) in [5.74, 6) is 3.02. The molecule has 0 aromatic rings. The molecule has 3 unspecified atom stereocenters. The smallest absolute Gasteiger partial charge is 0.000367 e. The predicted molar refractivity (Wildman–Crippen MR) is 49.6 cm³/mol. The first-order chi connectivity index (χ1) is 5.15. The fraction of sp³-hybridized carbons (Fsp3) is 1.00. The molecule has 0 heterocycles. The molecular weight excluding hydrogens is 134 g/mol. The molecule has 1 aliphatic rings. The lowest BCUT2D eigenvalue weighted by molar-refractivity contribution is 0.308. The fourth-order valence-electron chi connectivity index (χ4n) is 2.15. The maximum Gasteiger partial charge on any atom is 0.000367 e. The van der Waals surface area contributed by atoms with Gasteiger partial charge in [-0.05, 0) is 38.3 Å². The van der Waals surface area contributed by atoms with E-state index < -0.39 is 0 Å². The quantitative estimate of drug-likeness (QED) is 0.602. The van der Waals surface area contributed by atoms with E-state index in [1.807, 2.05) is 0 Å². The highest BCUT2D eigenvalue weighted by molar-refractivity contribution is 4.89. The van der Waals surface area contributed by atoms with Gasteiger partial charge in [0.2, 0.25) is 0 Å². The van der Waals surface area contributed by atoms with Crippen molar-refractivity contribution in [1.29, 1.82) is 0 Å². The molecule has 1 heteroatoms. The molecule has 0 radical (unpaired) electrons. The SMILES string of the molecule is CCC1CC1C(C)CN(C)C. The Morgan fingerprint density at radius 2 is 2.09 bits per heavy atom. The van der Waals surface area contributed by atoms with Gasteiger partial charge in [-0.25, -0.2) is 0 Å². The minimum Gasteiger partial charge on any atom is -0.309 e. The molecular formula is C10H21N. The average Bonchev–Trinajstić information content (AvgIpc) is 2.63. The lowest BCUT2D eigenvalue weighted by Gasteiger charge is -2.16. The van der Waals surface area contributed by atoms with Crippen molar-refractivity contribution in [3.05, 3.63) is 0 Å². The van der Waals surface area contributed by atoms with E-state index in [2.05, 4.69) is 32.8 Å². The minimum atomic E-state index is 0.912. The molecule has 0 spiro atoms. The maximum absolute atomic E-state index is 2.39. The first kappa shape index (κ1) is 9.05. The van der Waals surface area contributed by atoms with Crippen molar-refractivity contribution in [1.82, 2.24) is 4.90 Å². The summed E-state index contributed by atoms with van der Waals surface area (Å²) in [5, 5.41) is 0. The summed E-state index contributed by atoms with van der Waals surface area (Å²) in [6.45, 7) is 5.97. The zero-order valence-corrected chi connectivity index (χ0v) is 8.30. The molecule has 66 valence electrons. The Balaban J connectivity index is 2.17. The van der Waals surface area contributed by atoms with Gasteiger partial charge in [0, 0.05) is 6.54 Å². The maximum atomic E-state index is 2.39. The van der Waals surface area contributed by atoms with E-state index in [1.165, 1.54) is 19.4 Å². The van der Waals surface area contributed by atoms with Crippen molar-refractivity contribution < 1.29 is 0 Å². The second-order valence-corrected chi connectivity index (χ2v) is 4.31. The molecule has 0 aromatic heterocycles.